The molecular formula is C26H46N4O9. The largest absolute Gasteiger partial charge is 0.378 e. The number of urea groups is 1. The van der Waals surface area contributed by atoms with Gasteiger partial charge in [0, 0.05) is 26.2 Å². The molecule has 0 aliphatic carbocycles. The van der Waals surface area contributed by atoms with Crippen molar-refractivity contribution in [3.8, 4) is 0 Å². The van der Waals surface area contributed by atoms with E-state index in [2.05, 4.69) is 20.4 Å². The molecule has 13 heteroatoms. The second-order valence-electron chi connectivity index (χ2n) is 9.88. The smallest absolute Gasteiger partial charge is 0.328 e. The maximum Gasteiger partial charge on any atom is 0.328 e. The summed E-state index contributed by atoms with van der Waals surface area (Å²) in [7, 11) is 0. The van der Waals surface area contributed by atoms with Gasteiger partial charge in [-0.05, 0) is 38.8 Å². The first-order valence-corrected chi connectivity index (χ1v) is 14.2. The quantitative estimate of drug-likeness (QED) is 0.378. The van der Waals surface area contributed by atoms with Crippen LogP contribution in [0.25, 0.3) is 0 Å². The fraction of sp³-hybridized carbons (Fsp3) is 0.885. The van der Waals surface area contributed by atoms with E-state index in [-0.39, 0.29) is 0 Å². The van der Waals surface area contributed by atoms with Crippen molar-refractivity contribution in [2.75, 3.05) is 119 Å². The summed E-state index contributed by atoms with van der Waals surface area (Å²) < 4.78 is 33.5. The molecule has 3 heterocycles. The van der Waals surface area contributed by atoms with E-state index < -0.39 is 23.3 Å². The highest BCUT2D eigenvalue weighted by Crippen LogP contribution is 2.33. The average molecular weight is 559 g/mol. The fourth-order valence-corrected chi connectivity index (χ4v) is 4.90. The van der Waals surface area contributed by atoms with Gasteiger partial charge in [0.05, 0.1) is 79.3 Å². The molecule has 224 valence electrons. The van der Waals surface area contributed by atoms with Crippen molar-refractivity contribution in [2.45, 2.75) is 25.7 Å². The highest BCUT2D eigenvalue weighted by atomic mass is 16.5. The Balaban J connectivity index is 1.54. The Morgan fingerprint density at radius 3 is 1.15 bits per heavy atom. The van der Waals surface area contributed by atoms with Crippen molar-refractivity contribution < 1.29 is 42.8 Å². The van der Waals surface area contributed by atoms with Crippen molar-refractivity contribution in [3.05, 3.63) is 0 Å². The van der Waals surface area contributed by atoms with E-state index in [1.54, 1.807) is 0 Å². The SMILES string of the molecule is O=C1NC(=O)C(CCCN2CCOCCOCCOCC2)(CCCN2CCOCCOCCOCC2)C(=O)N1. The second-order valence-corrected chi connectivity index (χ2v) is 9.88. The number of amides is 4. The lowest BCUT2D eigenvalue weighted by atomic mass is 9.76. The molecule has 0 bridgehead atoms. The standard InChI is InChI=1S/C26H46N4O9/c31-23-26(24(32)28-25(33)27-23,3-1-5-29-7-11-34-15-19-38-20-16-35-12-8-29)4-2-6-30-9-13-36-17-21-39-22-18-37-14-10-30/h1-22H2,(H2,27,28,31,32,33). The zero-order valence-electron chi connectivity index (χ0n) is 23.1. The van der Waals surface area contributed by atoms with Crippen molar-refractivity contribution in [1.29, 1.82) is 0 Å². The fourth-order valence-electron chi connectivity index (χ4n) is 4.90. The van der Waals surface area contributed by atoms with Crippen LogP contribution in [0.1, 0.15) is 25.7 Å². The van der Waals surface area contributed by atoms with E-state index in [4.69, 9.17) is 28.4 Å². The Kier molecular flexibility index (Phi) is 15.2. The van der Waals surface area contributed by atoms with Gasteiger partial charge in [0.25, 0.3) is 0 Å². The Morgan fingerprint density at radius 1 is 0.513 bits per heavy atom. The summed E-state index contributed by atoms with van der Waals surface area (Å²) in [6, 6.07) is -0.761. The van der Waals surface area contributed by atoms with Gasteiger partial charge in [-0.25, -0.2) is 4.79 Å². The number of hydrogen-bond donors (Lipinski definition) is 2. The lowest BCUT2D eigenvalue weighted by Gasteiger charge is -2.35. The molecule has 0 spiro atoms. The van der Waals surface area contributed by atoms with Gasteiger partial charge in [0.1, 0.15) is 5.41 Å². The van der Waals surface area contributed by atoms with Crippen LogP contribution in [0.2, 0.25) is 0 Å². The van der Waals surface area contributed by atoms with Gasteiger partial charge in [-0.15, -0.1) is 0 Å². The minimum Gasteiger partial charge on any atom is -0.378 e. The van der Waals surface area contributed by atoms with E-state index in [0.29, 0.717) is 118 Å². The molecule has 13 nitrogen and oxygen atoms in total. The molecule has 3 fully saturated rings. The zero-order valence-corrected chi connectivity index (χ0v) is 23.1. The lowest BCUT2D eigenvalue weighted by molar-refractivity contribution is -0.145. The van der Waals surface area contributed by atoms with Crippen LogP contribution < -0.4 is 10.6 Å². The van der Waals surface area contributed by atoms with Crippen molar-refractivity contribution >= 4 is 17.8 Å². The Bertz CT molecular complexity index is 660. The van der Waals surface area contributed by atoms with Gasteiger partial charge < -0.3 is 28.4 Å². The molecule has 0 saturated carbocycles. The van der Waals surface area contributed by atoms with Gasteiger partial charge in [0.15, 0.2) is 0 Å². The van der Waals surface area contributed by atoms with Gasteiger partial charge in [-0.2, -0.15) is 0 Å². The topological polar surface area (TPSA) is 137 Å². The number of nitrogens with one attached hydrogen (secondary N) is 2. The third kappa shape index (κ3) is 11.7. The summed E-state index contributed by atoms with van der Waals surface area (Å²) in [6.07, 6.45) is 1.92. The predicted molar refractivity (Wildman–Crippen MR) is 140 cm³/mol. The van der Waals surface area contributed by atoms with Crippen LogP contribution in [0.5, 0.6) is 0 Å². The Morgan fingerprint density at radius 2 is 0.821 bits per heavy atom. The van der Waals surface area contributed by atoms with Gasteiger partial charge in [-0.3, -0.25) is 30.0 Å². The molecule has 0 aromatic heterocycles. The van der Waals surface area contributed by atoms with Gasteiger partial charge >= 0.3 is 6.03 Å². The first kappa shape index (κ1) is 31.8. The van der Waals surface area contributed by atoms with E-state index in [1.807, 2.05) is 0 Å². The van der Waals surface area contributed by atoms with Crippen LogP contribution in [0.15, 0.2) is 0 Å². The number of rotatable bonds is 8. The van der Waals surface area contributed by atoms with E-state index in [0.717, 1.165) is 26.2 Å². The molecule has 0 radical (unpaired) electrons. The summed E-state index contributed by atoms with van der Waals surface area (Å²) in [5.74, 6) is -1.03. The number of imide groups is 2. The number of carbonyl (C=O) groups excluding carboxylic acids is 3. The Hall–Kier alpha value is -1.71. The zero-order chi connectivity index (χ0) is 27.6. The minimum absolute atomic E-state index is 0.343. The molecule has 0 aromatic carbocycles. The molecule has 3 saturated heterocycles. The molecule has 2 N–H and O–H groups in total. The van der Waals surface area contributed by atoms with Crippen LogP contribution in [0.3, 0.4) is 0 Å². The first-order valence-electron chi connectivity index (χ1n) is 14.2. The molecule has 0 unspecified atom stereocenters. The number of nitrogens with zero attached hydrogens (tertiary/aromatic N) is 2. The Labute approximate surface area is 231 Å². The summed E-state index contributed by atoms with van der Waals surface area (Å²) in [4.78, 5) is 42.5. The normalized spacial score (nSPS) is 24.4. The van der Waals surface area contributed by atoms with E-state index in [9.17, 15) is 14.4 Å². The van der Waals surface area contributed by atoms with E-state index in [1.165, 1.54) is 0 Å². The molecule has 0 atom stereocenters. The summed E-state index contributed by atoms with van der Waals surface area (Å²) >= 11 is 0. The summed E-state index contributed by atoms with van der Waals surface area (Å²) in [5.41, 5.74) is -1.29. The second kappa shape index (κ2) is 18.6. The predicted octanol–water partition coefficient (Wildman–Crippen LogP) is -0.370. The average Bonchev–Trinajstić information content (AvgIpc) is 2.89. The highest BCUT2D eigenvalue weighted by Gasteiger charge is 2.49. The first-order chi connectivity index (χ1) is 19.1. The van der Waals surface area contributed by atoms with Crippen molar-refractivity contribution in [1.82, 2.24) is 20.4 Å². The third-order valence-corrected chi connectivity index (χ3v) is 7.17. The number of ether oxygens (including phenoxy) is 6. The third-order valence-electron chi connectivity index (χ3n) is 7.17. The van der Waals surface area contributed by atoms with Crippen molar-refractivity contribution in [2.24, 2.45) is 5.41 Å². The molecule has 0 aromatic rings. The van der Waals surface area contributed by atoms with E-state index >= 15 is 0 Å². The molecule has 3 aliphatic rings. The van der Waals surface area contributed by atoms with Crippen molar-refractivity contribution in [3.63, 3.8) is 0 Å². The lowest BCUT2D eigenvalue weighted by Crippen LogP contribution is -2.62. The summed E-state index contributed by atoms with van der Waals surface area (Å²) in [6.45, 7) is 10.8. The van der Waals surface area contributed by atoms with Gasteiger partial charge in [0.2, 0.25) is 11.8 Å². The summed E-state index contributed by atoms with van der Waals surface area (Å²) in [5, 5.41) is 4.66. The van der Waals surface area contributed by atoms with Crippen LogP contribution in [-0.4, -0.2) is 146 Å². The van der Waals surface area contributed by atoms with Crippen LogP contribution >= 0.6 is 0 Å². The van der Waals surface area contributed by atoms with Crippen LogP contribution in [0, 0.1) is 5.41 Å². The van der Waals surface area contributed by atoms with Gasteiger partial charge in [-0.1, -0.05) is 0 Å². The maximum absolute atomic E-state index is 13.1. The maximum atomic E-state index is 13.1. The molecular weight excluding hydrogens is 512 g/mol. The number of carbonyl (C=O) groups is 3. The number of hydrogen-bond acceptors (Lipinski definition) is 11. The molecule has 3 aliphatic heterocycles. The molecule has 39 heavy (non-hydrogen) atoms. The highest BCUT2D eigenvalue weighted by molar-refractivity contribution is 6.19. The van der Waals surface area contributed by atoms with Crippen LogP contribution in [-0.2, 0) is 38.0 Å². The minimum atomic E-state index is -1.29. The monoisotopic (exact) mass is 558 g/mol. The molecule has 3 rings (SSSR count). The van der Waals surface area contributed by atoms with Crippen LogP contribution in [0.4, 0.5) is 4.79 Å². The number of barbiturate groups is 1. The molecule has 4 amide bonds.